The summed E-state index contributed by atoms with van der Waals surface area (Å²) in [6, 6.07) is 0. The van der Waals surface area contributed by atoms with E-state index in [4.69, 9.17) is 5.11 Å². The number of aliphatic carboxylic acids is 1. The van der Waals surface area contributed by atoms with E-state index in [1.165, 1.54) is 6.08 Å². The number of hydrogen-bond acceptors (Lipinski definition) is 1. The first-order valence-electron chi connectivity index (χ1n) is 3.82. The molecule has 1 rings (SSSR count). The predicted molar refractivity (Wildman–Crippen MR) is 43.3 cm³/mol. The van der Waals surface area contributed by atoms with E-state index < -0.39 is 5.97 Å². The van der Waals surface area contributed by atoms with E-state index in [-0.39, 0.29) is 0 Å². The minimum absolute atomic E-state index is 0.858. The van der Waals surface area contributed by atoms with E-state index >= 15 is 0 Å². The molecular formula is C9H12O2. The molecule has 0 aromatic rings. The fraction of sp³-hybridized carbons (Fsp3) is 0.444. The Morgan fingerprint density at radius 3 is 2.64 bits per heavy atom. The average Bonchev–Trinajstić information content (AvgIpc) is 1.93. The Morgan fingerprint density at radius 2 is 2.09 bits per heavy atom. The lowest BCUT2D eigenvalue weighted by Crippen LogP contribution is -2.00. The number of carboxylic acids is 1. The number of hydrogen-bond donors (Lipinski definition) is 1. The number of allylic oxidation sites excluding steroid dienone is 2. The van der Waals surface area contributed by atoms with Crippen molar-refractivity contribution in [1.82, 2.24) is 0 Å². The molecule has 0 unspecified atom stereocenters. The Labute approximate surface area is 66.2 Å². The summed E-state index contributed by atoms with van der Waals surface area (Å²) in [5.41, 5.74) is 1.92. The molecule has 0 atom stereocenters. The van der Waals surface area contributed by atoms with E-state index in [1.807, 2.05) is 0 Å². The fourth-order valence-corrected chi connectivity index (χ4v) is 1.31. The summed E-state index contributed by atoms with van der Waals surface area (Å²) in [5, 5.41) is 8.47. The molecule has 11 heavy (non-hydrogen) atoms. The number of rotatable bonds is 1. The van der Waals surface area contributed by atoms with Crippen LogP contribution in [0.3, 0.4) is 0 Å². The minimum Gasteiger partial charge on any atom is -0.478 e. The average molecular weight is 152 g/mol. The van der Waals surface area contributed by atoms with Gasteiger partial charge in [0.25, 0.3) is 0 Å². The van der Waals surface area contributed by atoms with E-state index in [9.17, 15) is 4.79 Å². The van der Waals surface area contributed by atoms with Gasteiger partial charge in [-0.1, -0.05) is 12.2 Å². The minimum atomic E-state index is -0.858. The first kappa shape index (κ1) is 8.05. The van der Waals surface area contributed by atoms with Crippen LogP contribution in [0.4, 0.5) is 0 Å². The summed E-state index contributed by atoms with van der Waals surface area (Å²) in [6.45, 7) is 3.82. The van der Waals surface area contributed by atoms with Gasteiger partial charge < -0.3 is 5.11 Å². The summed E-state index contributed by atoms with van der Waals surface area (Å²) in [6.07, 6.45) is 5.36. The van der Waals surface area contributed by atoms with Gasteiger partial charge in [0, 0.05) is 6.08 Å². The van der Waals surface area contributed by atoms with Crippen molar-refractivity contribution in [3.05, 3.63) is 23.8 Å². The molecule has 1 N–H and O–H groups in total. The molecule has 1 aliphatic rings. The molecular weight excluding hydrogens is 140 g/mol. The molecule has 1 fully saturated rings. The maximum absolute atomic E-state index is 10.3. The summed E-state index contributed by atoms with van der Waals surface area (Å²) < 4.78 is 0. The Balaban J connectivity index is 2.68. The lowest BCUT2D eigenvalue weighted by molar-refractivity contribution is -0.131. The molecule has 0 amide bonds. The Kier molecular flexibility index (Phi) is 2.47. The third-order valence-electron chi connectivity index (χ3n) is 1.93. The zero-order valence-corrected chi connectivity index (χ0v) is 6.47. The van der Waals surface area contributed by atoms with Gasteiger partial charge in [0.2, 0.25) is 0 Å². The van der Waals surface area contributed by atoms with Crippen molar-refractivity contribution >= 4 is 5.97 Å². The second-order valence-corrected chi connectivity index (χ2v) is 2.82. The quantitative estimate of drug-likeness (QED) is 0.584. The molecule has 1 aliphatic carbocycles. The van der Waals surface area contributed by atoms with Gasteiger partial charge in [-0.15, -0.1) is 0 Å². The molecule has 2 nitrogen and oxygen atoms in total. The third-order valence-corrected chi connectivity index (χ3v) is 1.93. The molecule has 0 aromatic carbocycles. The largest absolute Gasteiger partial charge is 0.478 e. The summed E-state index contributed by atoms with van der Waals surface area (Å²) in [7, 11) is 0. The van der Waals surface area contributed by atoms with Crippen molar-refractivity contribution in [3.63, 3.8) is 0 Å². The van der Waals surface area contributed by atoms with E-state index in [0.717, 1.165) is 36.8 Å². The Morgan fingerprint density at radius 1 is 1.45 bits per heavy atom. The van der Waals surface area contributed by atoms with Crippen LogP contribution < -0.4 is 0 Å². The maximum atomic E-state index is 10.3. The van der Waals surface area contributed by atoms with Crippen molar-refractivity contribution in [2.45, 2.75) is 25.7 Å². The highest BCUT2D eigenvalue weighted by Gasteiger charge is 2.10. The van der Waals surface area contributed by atoms with Gasteiger partial charge in [-0.25, -0.2) is 4.79 Å². The molecule has 0 bridgehead atoms. The molecule has 1 saturated carbocycles. The van der Waals surface area contributed by atoms with E-state index in [1.54, 1.807) is 0 Å². The van der Waals surface area contributed by atoms with Crippen molar-refractivity contribution in [2.75, 3.05) is 0 Å². The van der Waals surface area contributed by atoms with Crippen LogP contribution in [0.5, 0.6) is 0 Å². The lowest BCUT2D eigenvalue weighted by atomic mass is 9.90. The van der Waals surface area contributed by atoms with Crippen LogP contribution in [0, 0.1) is 0 Å². The lowest BCUT2D eigenvalue weighted by Gasteiger charge is -2.15. The third kappa shape index (κ3) is 2.22. The monoisotopic (exact) mass is 152 g/mol. The van der Waals surface area contributed by atoms with Gasteiger partial charge in [0.15, 0.2) is 0 Å². The van der Waals surface area contributed by atoms with Gasteiger partial charge in [0.05, 0.1) is 0 Å². The van der Waals surface area contributed by atoms with Crippen LogP contribution in [-0.2, 0) is 4.79 Å². The second-order valence-electron chi connectivity index (χ2n) is 2.82. The number of carboxylic acid groups (broad SMARTS) is 1. The number of carbonyl (C=O) groups is 1. The standard InChI is InChI=1S/C9H12O2/c1-7-4-2-3-5-8(7)6-9(10)11/h6H,1-5H2,(H,10,11)/b8-6+. The van der Waals surface area contributed by atoms with Crippen LogP contribution in [0.1, 0.15) is 25.7 Å². The van der Waals surface area contributed by atoms with Crippen molar-refractivity contribution in [1.29, 1.82) is 0 Å². The van der Waals surface area contributed by atoms with Crippen LogP contribution >= 0.6 is 0 Å². The summed E-state index contributed by atoms with van der Waals surface area (Å²) in [4.78, 5) is 10.3. The maximum Gasteiger partial charge on any atom is 0.328 e. The Bertz CT molecular complexity index is 214. The van der Waals surface area contributed by atoms with Gasteiger partial charge in [-0.2, -0.15) is 0 Å². The topological polar surface area (TPSA) is 37.3 Å². The zero-order valence-electron chi connectivity index (χ0n) is 6.47. The first-order chi connectivity index (χ1) is 5.20. The molecule has 0 aliphatic heterocycles. The first-order valence-corrected chi connectivity index (χ1v) is 3.82. The fourth-order valence-electron chi connectivity index (χ4n) is 1.31. The molecule has 0 saturated heterocycles. The normalized spacial score (nSPS) is 22.2. The Hall–Kier alpha value is -1.05. The predicted octanol–water partition coefficient (Wildman–Crippen LogP) is 2.13. The smallest absolute Gasteiger partial charge is 0.328 e. The van der Waals surface area contributed by atoms with Crippen LogP contribution in [0.15, 0.2) is 23.8 Å². The van der Waals surface area contributed by atoms with Crippen molar-refractivity contribution in [3.8, 4) is 0 Å². The van der Waals surface area contributed by atoms with Crippen molar-refractivity contribution in [2.24, 2.45) is 0 Å². The van der Waals surface area contributed by atoms with Gasteiger partial charge in [-0.05, 0) is 31.3 Å². The van der Waals surface area contributed by atoms with Crippen LogP contribution in [0.2, 0.25) is 0 Å². The molecule has 60 valence electrons. The zero-order chi connectivity index (χ0) is 8.27. The van der Waals surface area contributed by atoms with E-state index in [0.29, 0.717) is 0 Å². The molecule has 0 spiro atoms. The van der Waals surface area contributed by atoms with Gasteiger partial charge in [-0.3, -0.25) is 0 Å². The van der Waals surface area contributed by atoms with Crippen LogP contribution in [0.25, 0.3) is 0 Å². The molecule has 2 heteroatoms. The van der Waals surface area contributed by atoms with Crippen LogP contribution in [-0.4, -0.2) is 11.1 Å². The van der Waals surface area contributed by atoms with E-state index in [2.05, 4.69) is 6.58 Å². The molecule has 0 heterocycles. The molecule has 0 radical (unpaired) electrons. The van der Waals surface area contributed by atoms with Gasteiger partial charge >= 0.3 is 5.97 Å². The highest BCUT2D eigenvalue weighted by atomic mass is 16.4. The SMILES string of the molecule is C=C1CCCC/C1=C\C(=O)O. The summed E-state index contributed by atoms with van der Waals surface area (Å²) >= 11 is 0. The second kappa shape index (κ2) is 3.37. The van der Waals surface area contributed by atoms with Crippen molar-refractivity contribution < 1.29 is 9.90 Å². The summed E-state index contributed by atoms with van der Waals surface area (Å²) in [5.74, 6) is -0.858. The molecule has 0 aromatic heterocycles. The van der Waals surface area contributed by atoms with Gasteiger partial charge in [0.1, 0.15) is 0 Å². The highest BCUT2D eigenvalue weighted by molar-refractivity contribution is 5.81. The highest BCUT2D eigenvalue weighted by Crippen LogP contribution is 2.26.